The van der Waals surface area contributed by atoms with Crippen LogP contribution in [0.5, 0.6) is 5.75 Å². The van der Waals surface area contributed by atoms with Crippen molar-refractivity contribution in [2.24, 2.45) is 0 Å². The quantitative estimate of drug-likeness (QED) is 0.779. The number of alkyl halides is 2. The zero-order chi connectivity index (χ0) is 10.7. The molecule has 0 radical (unpaired) electrons. The van der Waals surface area contributed by atoms with Gasteiger partial charge >= 0.3 is 0 Å². The van der Waals surface area contributed by atoms with Crippen molar-refractivity contribution in [1.29, 1.82) is 5.26 Å². The van der Waals surface area contributed by atoms with Crippen molar-refractivity contribution in [1.82, 2.24) is 4.98 Å². The van der Waals surface area contributed by atoms with Gasteiger partial charge in [0.05, 0.1) is 12.7 Å². The number of aromatic amines is 1. The van der Waals surface area contributed by atoms with E-state index < -0.39 is 17.5 Å². The highest BCUT2D eigenvalue weighted by Gasteiger charge is 2.15. The predicted octanol–water partition coefficient (Wildman–Crippen LogP) is 1.19. The molecule has 4 nitrogen and oxygen atoms in total. The number of rotatable bonds is 2. The van der Waals surface area contributed by atoms with E-state index in [0.29, 0.717) is 0 Å². The van der Waals surface area contributed by atoms with Crippen molar-refractivity contribution in [2.45, 2.75) is 6.43 Å². The fourth-order valence-corrected chi connectivity index (χ4v) is 0.932. The first-order valence-corrected chi connectivity index (χ1v) is 3.59. The van der Waals surface area contributed by atoms with Gasteiger partial charge in [-0.05, 0) is 6.07 Å². The molecule has 0 bridgehead atoms. The lowest BCUT2D eigenvalue weighted by molar-refractivity contribution is 0.149. The Labute approximate surface area is 77.7 Å². The van der Waals surface area contributed by atoms with E-state index in [9.17, 15) is 13.6 Å². The number of aromatic nitrogens is 1. The Kier molecular flexibility index (Phi) is 2.82. The number of halogens is 2. The molecular weight excluding hydrogens is 194 g/mol. The van der Waals surface area contributed by atoms with Gasteiger partial charge in [-0.3, -0.25) is 4.79 Å². The van der Waals surface area contributed by atoms with E-state index in [1.807, 2.05) is 4.98 Å². The van der Waals surface area contributed by atoms with Gasteiger partial charge < -0.3 is 9.72 Å². The second-order valence-corrected chi connectivity index (χ2v) is 2.41. The molecule has 0 aliphatic heterocycles. The van der Waals surface area contributed by atoms with E-state index in [1.54, 1.807) is 6.07 Å². The number of H-pyrrole nitrogens is 1. The Bertz CT molecular complexity index is 434. The normalized spacial score (nSPS) is 9.93. The smallest absolute Gasteiger partial charge is 0.269 e. The number of hydrogen-bond acceptors (Lipinski definition) is 3. The lowest BCUT2D eigenvalue weighted by Gasteiger charge is -2.04. The number of nitriles is 1. The standard InChI is InChI=1S/C8H6F2N2O2/c1-14-6-2-4(7(9)10)8(13)12-5(6)3-11/h2,7H,1H3,(H,12,13). The highest BCUT2D eigenvalue weighted by atomic mass is 19.3. The Morgan fingerprint density at radius 3 is 2.71 bits per heavy atom. The van der Waals surface area contributed by atoms with Gasteiger partial charge in [-0.2, -0.15) is 5.26 Å². The van der Waals surface area contributed by atoms with Crippen LogP contribution in [0, 0.1) is 11.3 Å². The lowest BCUT2D eigenvalue weighted by Crippen LogP contribution is -2.14. The topological polar surface area (TPSA) is 65.9 Å². The average molecular weight is 200 g/mol. The van der Waals surface area contributed by atoms with Crippen LogP contribution in [0.15, 0.2) is 10.9 Å². The molecule has 0 aromatic carbocycles. The van der Waals surface area contributed by atoms with Crippen molar-refractivity contribution in [3.8, 4) is 11.8 Å². The van der Waals surface area contributed by atoms with E-state index in [4.69, 9.17) is 5.26 Å². The maximum Gasteiger partial charge on any atom is 0.269 e. The van der Waals surface area contributed by atoms with Crippen LogP contribution in [0.2, 0.25) is 0 Å². The van der Waals surface area contributed by atoms with Gasteiger partial charge in [0.25, 0.3) is 12.0 Å². The molecular formula is C8H6F2N2O2. The monoisotopic (exact) mass is 200 g/mol. The van der Waals surface area contributed by atoms with Crippen LogP contribution >= 0.6 is 0 Å². The minimum absolute atomic E-state index is 0.0672. The summed E-state index contributed by atoms with van der Waals surface area (Å²) in [6, 6.07) is 2.49. The molecule has 74 valence electrons. The van der Waals surface area contributed by atoms with Gasteiger partial charge in [0.15, 0.2) is 11.4 Å². The fraction of sp³-hybridized carbons (Fsp3) is 0.250. The Hall–Kier alpha value is -1.90. The summed E-state index contributed by atoms with van der Waals surface area (Å²) in [5.74, 6) is -0.0672. The van der Waals surface area contributed by atoms with Gasteiger partial charge in [0.1, 0.15) is 6.07 Å². The molecule has 1 aromatic heterocycles. The molecule has 1 aromatic rings. The van der Waals surface area contributed by atoms with E-state index in [2.05, 4.69) is 4.74 Å². The minimum atomic E-state index is -2.89. The number of pyridine rings is 1. The Balaban J connectivity index is 3.40. The summed E-state index contributed by atoms with van der Waals surface area (Å²) >= 11 is 0. The second-order valence-electron chi connectivity index (χ2n) is 2.41. The summed E-state index contributed by atoms with van der Waals surface area (Å²) in [6.45, 7) is 0. The molecule has 0 atom stereocenters. The molecule has 0 spiro atoms. The van der Waals surface area contributed by atoms with E-state index in [0.717, 1.165) is 6.07 Å². The van der Waals surface area contributed by atoms with Crippen LogP contribution < -0.4 is 10.3 Å². The van der Waals surface area contributed by atoms with Crippen molar-refractivity contribution in [3.05, 3.63) is 27.7 Å². The molecule has 0 saturated carbocycles. The molecule has 1 heterocycles. The van der Waals surface area contributed by atoms with E-state index in [-0.39, 0.29) is 11.4 Å². The summed E-state index contributed by atoms with van der Waals surface area (Å²) in [5.41, 5.74) is -1.85. The third-order valence-electron chi connectivity index (χ3n) is 1.60. The van der Waals surface area contributed by atoms with Crippen molar-refractivity contribution < 1.29 is 13.5 Å². The van der Waals surface area contributed by atoms with Crippen LogP contribution in [-0.4, -0.2) is 12.1 Å². The minimum Gasteiger partial charge on any atom is -0.494 e. The third kappa shape index (κ3) is 1.71. The van der Waals surface area contributed by atoms with Gasteiger partial charge in [-0.1, -0.05) is 0 Å². The molecule has 0 aliphatic rings. The maximum absolute atomic E-state index is 12.2. The SMILES string of the molecule is COc1cc(C(F)F)c(=O)[nH]c1C#N. The molecule has 0 unspecified atom stereocenters. The molecule has 14 heavy (non-hydrogen) atoms. The summed E-state index contributed by atoms with van der Waals surface area (Å²) in [7, 11) is 1.23. The molecule has 0 fully saturated rings. The summed E-state index contributed by atoms with van der Waals surface area (Å²) in [6.07, 6.45) is -2.89. The molecule has 6 heteroatoms. The second kappa shape index (κ2) is 3.87. The third-order valence-corrected chi connectivity index (χ3v) is 1.60. The van der Waals surface area contributed by atoms with Gasteiger partial charge in [0, 0.05) is 0 Å². The molecule has 1 N–H and O–H groups in total. The zero-order valence-corrected chi connectivity index (χ0v) is 7.17. The number of nitrogens with one attached hydrogen (secondary N) is 1. The zero-order valence-electron chi connectivity index (χ0n) is 7.17. The van der Waals surface area contributed by atoms with E-state index >= 15 is 0 Å². The molecule has 0 amide bonds. The summed E-state index contributed by atoms with van der Waals surface area (Å²) < 4.78 is 29.1. The van der Waals surface area contributed by atoms with Gasteiger partial charge in [-0.15, -0.1) is 0 Å². The Morgan fingerprint density at radius 1 is 1.64 bits per heavy atom. The Morgan fingerprint density at radius 2 is 2.29 bits per heavy atom. The first-order chi connectivity index (χ1) is 6.60. The lowest BCUT2D eigenvalue weighted by atomic mass is 10.2. The van der Waals surface area contributed by atoms with Crippen LogP contribution in [0.3, 0.4) is 0 Å². The van der Waals surface area contributed by atoms with Gasteiger partial charge in [0.2, 0.25) is 0 Å². The first kappa shape index (κ1) is 10.2. The predicted molar refractivity (Wildman–Crippen MR) is 43.3 cm³/mol. The van der Waals surface area contributed by atoms with Crippen LogP contribution in [0.1, 0.15) is 17.7 Å². The maximum atomic E-state index is 12.2. The summed E-state index contributed by atoms with van der Waals surface area (Å²) in [4.78, 5) is 13.0. The molecule has 1 rings (SSSR count). The fourth-order valence-electron chi connectivity index (χ4n) is 0.932. The average Bonchev–Trinajstić information content (AvgIpc) is 2.16. The number of hydrogen-bond donors (Lipinski definition) is 1. The van der Waals surface area contributed by atoms with Crippen LogP contribution in [-0.2, 0) is 0 Å². The van der Waals surface area contributed by atoms with Crippen molar-refractivity contribution >= 4 is 0 Å². The number of nitrogens with zero attached hydrogens (tertiary/aromatic N) is 1. The molecule has 0 saturated heterocycles. The van der Waals surface area contributed by atoms with Crippen LogP contribution in [0.4, 0.5) is 8.78 Å². The first-order valence-electron chi connectivity index (χ1n) is 3.59. The highest BCUT2D eigenvalue weighted by molar-refractivity contribution is 5.39. The van der Waals surface area contributed by atoms with E-state index in [1.165, 1.54) is 7.11 Å². The van der Waals surface area contributed by atoms with Crippen LogP contribution in [0.25, 0.3) is 0 Å². The molecule has 0 aliphatic carbocycles. The van der Waals surface area contributed by atoms with Crippen molar-refractivity contribution in [2.75, 3.05) is 7.11 Å². The highest BCUT2D eigenvalue weighted by Crippen LogP contribution is 2.21. The largest absolute Gasteiger partial charge is 0.494 e. The number of methoxy groups -OCH3 is 1. The van der Waals surface area contributed by atoms with Crippen molar-refractivity contribution in [3.63, 3.8) is 0 Å². The van der Waals surface area contributed by atoms with Gasteiger partial charge in [-0.25, -0.2) is 8.78 Å². The summed E-state index contributed by atoms with van der Waals surface area (Å²) in [5, 5.41) is 8.52. The number of ether oxygens (including phenoxy) is 1.